The van der Waals surface area contributed by atoms with E-state index in [0.29, 0.717) is 24.4 Å². The number of carbonyl (C=O) groups is 1. The van der Waals surface area contributed by atoms with Gasteiger partial charge in [-0.3, -0.25) is 14.9 Å². The molecule has 3 N–H and O–H groups in total. The summed E-state index contributed by atoms with van der Waals surface area (Å²) in [5.74, 6) is -0.290. The fourth-order valence-corrected chi connectivity index (χ4v) is 1.68. The number of amides is 1. The standard InChI is InChI=1S/C8H11N3O3S/c9-4-1-5-10-8(12)6-2-3-7(15-6)11(13)14/h2-3H,1,4-5,9H2,(H,10,12). The predicted octanol–water partition coefficient (Wildman–Crippen LogP) is 0.735. The van der Waals surface area contributed by atoms with Gasteiger partial charge in [0.1, 0.15) is 0 Å². The number of nitro groups is 1. The quantitative estimate of drug-likeness (QED) is 0.442. The fourth-order valence-electron chi connectivity index (χ4n) is 0.939. The van der Waals surface area contributed by atoms with Crippen molar-refractivity contribution < 1.29 is 9.72 Å². The molecule has 0 atom stereocenters. The summed E-state index contributed by atoms with van der Waals surface area (Å²) >= 11 is 0.865. The van der Waals surface area contributed by atoms with E-state index >= 15 is 0 Å². The second-order valence-corrected chi connectivity index (χ2v) is 3.86. The molecule has 0 radical (unpaired) electrons. The van der Waals surface area contributed by atoms with Gasteiger partial charge in [0.25, 0.3) is 5.91 Å². The summed E-state index contributed by atoms with van der Waals surface area (Å²) in [6.45, 7) is 0.992. The predicted molar refractivity (Wildman–Crippen MR) is 57.0 cm³/mol. The molecule has 1 amide bonds. The zero-order valence-electron chi connectivity index (χ0n) is 7.93. The van der Waals surface area contributed by atoms with Gasteiger partial charge in [-0.15, -0.1) is 0 Å². The highest BCUT2D eigenvalue weighted by Gasteiger charge is 2.14. The topological polar surface area (TPSA) is 98.3 Å². The van der Waals surface area contributed by atoms with E-state index < -0.39 is 4.92 Å². The summed E-state index contributed by atoms with van der Waals surface area (Å²) in [4.78, 5) is 21.6. The van der Waals surface area contributed by atoms with E-state index in [4.69, 9.17) is 5.73 Å². The van der Waals surface area contributed by atoms with Gasteiger partial charge in [-0.2, -0.15) is 0 Å². The van der Waals surface area contributed by atoms with Gasteiger partial charge in [0.05, 0.1) is 9.80 Å². The summed E-state index contributed by atoms with van der Waals surface area (Å²) < 4.78 is 0. The monoisotopic (exact) mass is 229 g/mol. The van der Waals surface area contributed by atoms with E-state index in [2.05, 4.69) is 5.32 Å². The first kappa shape index (κ1) is 11.6. The molecule has 0 aliphatic rings. The summed E-state index contributed by atoms with van der Waals surface area (Å²) in [5.41, 5.74) is 5.26. The van der Waals surface area contributed by atoms with Crippen molar-refractivity contribution in [2.45, 2.75) is 6.42 Å². The van der Waals surface area contributed by atoms with E-state index in [1.165, 1.54) is 12.1 Å². The SMILES string of the molecule is NCCCNC(=O)c1ccc([N+](=O)[O-])s1. The van der Waals surface area contributed by atoms with Crippen molar-refractivity contribution in [3.63, 3.8) is 0 Å². The molecule has 1 rings (SSSR count). The van der Waals surface area contributed by atoms with Crippen LogP contribution >= 0.6 is 11.3 Å². The third kappa shape index (κ3) is 3.30. The van der Waals surface area contributed by atoms with Gasteiger partial charge < -0.3 is 11.1 Å². The minimum atomic E-state index is -0.513. The Hall–Kier alpha value is -1.47. The van der Waals surface area contributed by atoms with E-state index in [0.717, 1.165) is 11.3 Å². The fraction of sp³-hybridized carbons (Fsp3) is 0.375. The highest BCUT2D eigenvalue weighted by atomic mass is 32.1. The van der Waals surface area contributed by atoms with Crippen LogP contribution in [0.5, 0.6) is 0 Å². The Morgan fingerprint density at radius 3 is 2.87 bits per heavy atom. The van der Waals surface area contributed by atoms with Crippen molar-refractivity contribution >= 4 is 22.2 Å². The lowest BCUT2D eigenvalue weighted by Gasteiger charge is -2.00. The van der Waals surface area contributed by atoms with E-state index in [-0.39, 0.29) is 10.9 Å². The normalized spacial score (nSPS) is 9.93. The number of nitrogens with two attached hydrogens (primary N) is 1. The van der Waals surface area contributed by atoms with Crippen molar-refractivity contribution in [2.24, 2.45) is 5.73 Å². The molecule has 0 fully saturated rings. The Kier molecular flexibility index (Phi) is 4.19. The number of nitrogens with one attached hydrogen (secondary N) is 1. The maximum atomic E-state index is 11.4. The van der Waals surface area contributed by atoms with Gasteiger partial charge in [-0.1, -0.05) is 11.3 Å². The van der Waals surface area contributed by atoms with Gasteiger partial charge in [-0.25, -0.2) is 0 Å². The molecule has 6 nitrogen and oxygen atoms in total. The lowest BCUT2D eigenvalue weighted by Crippen LogP contribution is -2.25. The lowest BCUT2D eigenvalue weighted by molar-refractivity contribution is -0.380. The van der Waals surface area contributed by atoms with Crippen LogP contribution in [0.25, 0.3) is 0 Å². The molecule has 0 saturated carbocycles. The van der Waals surface area contributed by atoms with Crippen molar-refractivity contribution in [2.75, 3.05) is 13.1 Å². The molecule has 0 unspecified atom stereocenters. The van der Waals surface area contributed by atoms with Gasteiger partial charge >= 0.3 is 5.00 Å². The van der Waals surface area contributed by atoms with Crippen LogP contribution in [0.3, 0.4) is 0 Å². The molecule has 15 heavy (non-hydrogen) atoms. The van der Waals surface area contributed by atoms with Crippen molar-refractivity contribution in [3.8, 4) is 0 Å². The van der Waals surface area contributed by atoms with E-state index in [9.17, 15) is 14.9 Å². The van der Waals surface area contributed by atoms with E-state index in [1.807, 2.05) is 0 Å². The minimum absolute atomic E-state index is 0.0287. The van der Waals surface area contributed by atoms with Crippen LogP contribution in [-0.2, 0) is 0 Å². The molecule has 1 aromatic rings. The molecule has 82 valence electrons. The number of hydrogen-bond acceptors (Lipinski definition) is 5. The third-order valence-corrected chi connectivity index (χ3v) is 2.70. The molecular formula is C8H11N3O3S. The summed E-state index contributed by atoms with van der Waals surface area (Å²) in [7, 11) is 0. The Morgan fingerprint density at radius 2 is 2.33 bits per heavy atom. The second-order valence-electron chi connectivity index (χ2n) is 2.79. The van der Waals surface area contributed by atoms with Crippen LogP contribution in [0.1, 0.15) is 16.1 Å². The summed E-state index contributed by atoms with van der Waals surface area (Å²) in [6.07, 6.45) is 0.694. The van der Waals surface area contributed by atoms with Crippen molar-refractivity contribution in [3.05, 3.63) is 27.1 Å². The van der Waals surface area contributed by atoms with Crippen LogP contribution in [-0.4, -0.2) is 23.9 Å². The Balaban J connectivity index is 2.54. The third-order valence-electron chi connectivity index (χ3n) is 1.66. The maximum absolute atomic E-state index is 11.4. The number of thiophene rings is 1. The first-order chi connectivity index (χ1) is 7.15. The van der Waals surface area contributed by atoms with Crippen LogP contribution < -0.4 is 11.1 Å². The van der Waals surface area contributed by atoms with Gasteiger partial charge in [0, 0.05) is 12.6 Å². The van der Waals surface area contributed by atoms with Crippen LogP contribution in [0.2, 0.25) is 0 Å². The molecule has 1 heterocycles. The molecule has 0 aliphatic heterocycles. The number of nitrogens with zero attached hydrogens (tertiary/aromatic N) is 1. The average molecular weight is 229 g/mol. The van der Waals surface area contributed by atoms with Crippen molar-refractivity contribution in [1.82, 2.24) is 5.32 Å². The zero-order chi connectivity index (χ0) is 11.3. The second kappa shape index (κ2) is 5.42. The Morgan fingerprint density at radius 1 is 1.60 bits per heavy atom. The Bertz CT molecular complexity index is 364. The molecule has 0 aromatic carbocycles. The number of carbonyl (C=O) groups excluding carboxylic acids is 1. The molecule has 7 heteroatoms. The number of hydrogen-bond donors (Lipinski definition) is 2. The maximum Gasteiger partial charge on any atom is 0.324 e. The van der Waals surface area contributed by atoms with Crippen LogP contribution in [0.15, 0.2) is 12.1 Å². The van der Waals surface area contributed by atoms with Crippen molar-refractivity contribution in [1.29, 1.82) is 0 Å². The molecule has 0 spiro atoms. The van der Waals surface area contributed by atoms with Crippen LogP contribution in [0.4, 0.5) is 5.00 Å². The average Bonchev–Trinajstić information content (AvgIpc) is 2.66. The van der Waals surface area contributed by atoms with Crippen LogP contribution in [0, 0.1) is 10.1 Å². The largest absolute Gasteiger partial charge is 0.351 e. The zero-order valence-corrected chi connectivity index (χ0v) is 8.75. The minimum Gasteiger partial charge on any atom is -0.351 e. The molecule has 1 aromatic heterocycles. The van der Waals surface area contributed by atoms with Gasteiger partial charge in [0.15, 0.2) is 0 Å². The smallest absolute Gasteiger partial charge is 0.324 e. The highest BCUT2D eigenvalue weighted by Crippen LogP contribution is 2.23. The summed E-state index contributed by atoms with van der Waals surface area (Å²) in [6, 6.07) is 2.77. The van der Waals surface area contributed by atoms with Gasteiger partial charge in [0.2, 0.25) is 0 Å². The molecular weight excluding hydrogens is 218 g/mol. The Labute approximate surface area is 90.2 Å². The number of rotatable bonds is 5. The molecule has 0 saturated heterocycles. The first-order valence-electron chi connectivity index (χ1n) is 4.37. The van der Waals surface area contributed by atoms with Gasteiger partial charge in [-0.05, 0) is 19.0 Å². The summed E-state index contributed by atoms with van der Waals surface area (Å²) in [5, 5.41) is 13.0. The van der Waals surface area contributed by atoms with E-state index in [1.54, 1.807) is 0 Å². The molecule has 0 aliphatic carbocycles. The molecule has 0 bridgehead atoms. The highest BCUT2D eigenvalue weighted by molar-refractivity contribution is 7.17. The lowest BCUT2D eigenvalue weighted by atomic mass is 10.4. The first-order valence-corrected chi connectivity index (χ1v) is 5.19.